The second-order valence-corrected chi connectivity index (χ2v) is 8.00. The number of aryl methyl sites for hydroxylation is 4. The number of carbonyl (C=O) groups is 1. The number of para-hydroxylation sites is 1. The van der Waals surface area contributed by atoms with E-state index in [1.54, 1.807) is 0 Å². The lowest BCUT2D eigenvalue weighted by Gasteiger charge is -2.17. The Hall–Kier alpha value is -2.43. The number of halogens is 1. The van der Waals surface area contributed by atoms with Crippen molar-refractivity contribution in [2.24, 2.45) is 0 Å². The highest BCUT2D eigenvalue weighted by Gasteiger charge is 2.16. The predicted octanol–water partition coefficient (Wildman–Crippen LogP) is 3.78. The van der Waals surface area contributed by atoms with Gasteiger partial charge in [-0.3, -0.25) is 4.79 Å². The molecule has 0 fully saturated rings. The fourth-order valence-electron chi connectivity index (χ4n) is 3.48. The Kier molecular flexibility index (Phi) is 6.01. The Morgan fingerprint density at radius 2 is 1.75 bits per heavy atom. The van der Waals surface area contributed by atoms with Crippen LogP contribution in [0.4, 0.5) is 5.69 Å². The zero-order valence-electron chi connectivity index (χ0n) is 17.1. The van der Waals surface area contributed by atoms with E-state index in [0.717, 1.165) is 43.7 Å². The Morgan fingerprint density at radius 1 is 1.07 bits per heavy atom. The average molecular weight is 397 g/mol. The first kappa shape index (κ1) is 20.3. The van der Waals surface area contributed by atoms with Crippen LogP contribution in [0.3, 0.4) is 0 Å². The lowest BCUT2D eigenvalue weighted by Crippen LogP contribution is -3.08. The lowest BCUT2D eigenvalue weighted by atomic mass is 10.0. The minimum Gasteiger partial charge on any atom is -0.326 e. The van der Waals surface area contributed by atoms with E-state index in [1.165, 1.54) is 5.56 Å². The molecular weight excluding hydrogens is 370 g/mol. The van der Waals surface area contributed by atoms with E-state index in [2.05, 4.69) is 42.3 Å². The van der Waals surface area contributed by atoms with Crippen molar-refractivity contribution >= 4 is 34.1 Å². The second-order valence-electron chi connectivity index (χ2n) is 7.64. The molecule has 3 aromatic rings. The summed E-state index contributed by atoms with van der Waals surface area (Å²) in [6.07, 6.45) is 0. The van der Waals surface area contributed by atoms with Crippen molar-refractivity contribution < 1.29 is 9.69 Å². The highest BCUT2D eigenvalue weighted by molar-refractivity contribution is 6.30. The van der Waals surface area contributed by atoms with Crippen molar-refractivity contribution in [3.63, 3.8) is 0 Å². The summed E-state index contributed by atoms with van der Waals surface area (Å²) < 4.78 is 0. The molecule has 28 heavy (non-hydrogen) atoms. The molecule has 2 N–H and O–H groups in total. The molecule has 0 spiro atoms. The van der Waals surface area contributed by atoms with Gasteiger partial charge in [0.05, 0.1) is 12.6 Å². The number of amides is 1. The Balaban J connectivity index is 1.72. The Morgan fingerprint density at radius 3 is 2.43 bits per heavy atom. The summed E-state index contributed by atoms with van der Waals surface area (Å²) in [5.41, 5.74) is 7.29. The number of carbonyl (C=O) groups excluding carboxylic acids is 1. The number of hydrogen-bond acceptors (Lipinski definition) is 2. The molecule has 0 aliphatic heterocycles. The quantitative estimate of drug-likeness (QED) is 0.645. The van der Waals surface area contributed by atoms with E-state index >= 15 is 0 Å². The summed E-state index contributed by atoms with van der Waals surface area (Å²) in [6, 6.07) is 12.3. The SMILES string of the molecule is Cc1cccc(C)c1NC(=O)C[NH+](C)Cc1cc2ccc(C)c(C)c2nc1Cl. The summed E-state index contributed by atoms with van der Waals surface area (Å²) in [7, 11) is 1.99. The Bertz CT molecular complexity index is 1030. The molecule has 1 amide bonds. The van der Waals surface area contributed by atoms with Crippen LogP contribution in [-0.2, 0) is 11.3 Å². The van der Waals surface area contributed by atoms with Gasteiger partial charge in [0.25, 0.3) is 5.91 Å². The van der Waals surface area contributed by atoms with E-state index in [-0.39, 0.29) is 5.91 Å². The molecule has 0 saturated heterocycles. The van der Waals surface area contributed by atoms with Gasteiger partial charge in [0.1, 0.15) is 11.7 Å². The van der Waals surface area contributed by atoms with Gasteiger partial charge in [-0.1, -0.05) is 41.9 Å². The zero-order valence-corrected chi connectivity index (χ0v) is 17.9. The van der Waals surface area contributed by atoms with E-state index in [9.17, 15) is 4.79 Å². The smallest absolute Gasteiger partial charge is 0.279 e. The van der Waals surface area contributed by atoms with Crippen LogP contribution in [0.5, 0.6) is 0 Å². The molecule has 5 heteroatoms. The Labute approximate surface area is 171 Å². The number of pyridine rings is 1. The molecule has 4 nitrogen and oxygen atoms in total. The van der Waals surface area contributed by atoms with Gasteiger partial charge in [0.15, 0.2) is 6.54 Å². The minimum atomic E-state index is -0.00811. The van der Waals surface area contributed by atoms with Gasteiger partial charge in [-0.2, -0.15) is 0 Å². The van der Waals surface area contributed by atoms with Crippen LogP contribution in [0, 0.1) is 27.7 Å². The maximum Gasteiger partial charge on any atom is 0.279 e. The summed E-state index contributed by atoms with van der Waals surface area (Å²) in [5, 5.41) is 4.63. The number of nitrogens with one attached hydrogen (secondary N) is 2. The average Bonchev–Trinajstić information content (AvgIpc) is 2.63. The number of benzene rings is 2. The number of fused-ring (bicyclic) bond motifs is 1. The molecule has 1 aromatic heterocycles. The van der Waals surface area contributed by atoms with E-state index in [0.29, 0.717) is 18.2 Å². The molecule has 1 heterocycles. The first-order chi connectivity index (χ1) is 13.3. The van der Waals surface area contributed by atoms with Gasteiger partial charge >= 0.3 is 0 Å². The molecule has 146 valence electrons. The fraction of sp³-hybridized carbons (Fsp3) is 0.304. The first-order valence-electron chi connectivity index (χ1n) is 9.49. The van der Waals surface area contributed by atoms with Crippen LogP contribution < -0.4 is 10.2 Å². The first-order valence-corrected chi connectivity index (χ1v) is 9.86. The number of likely N-dealkylation sites (N-methyl/N-ethyl adjacent to an activating group) is 1. The monoisotopic (exact) mass is 396 g/mol. The number of hydrogen-bond donors (Lipinski definition) is 2. The van der Waals surface area contributed by atoms with Crippen molar-refractivity contribution in [1.82, 2.24) is 4.98 Å². The van der Waals surface area contributed by atoms with Gasteiger partial charge in [0, 0.05) is 16.6 Å². The zero-order chi connectivity index (χ0) is 20.4. The maximum absolute atomic E-state index is 12.5. The molecule has 0 aliphatic carbocycles. The molecule has 0 saturated carbocycles. The highest BCUT2D eigenvalue weighted by atomic mass is 35.5. The largest absolute Gasteiger partial charge is 0.326 e. The summed E-state index contributed by atoms with van der Waals surface area (Å²) >= 11 is 6.45. The van der Waals surface area contributed by atoms with Crippen molar-refractivity contribution in [3.8, 4) is 0 Å². The van der Waals surface area contributed by atoms with Gasteiger partial charge in [0.2, 0.25) is 0 Å². The molecule has 0 aliphatic rings. The number of anilines is 1. The molecule has 0 bridgehead atoms. The third-order valence-corrected chi connectivity index (χ3v) is 5.57. The van der Waals surface area contributed by atoms with Gasteiger partial charge < -0.3 is 10.2 Å². The molecule has 1 unspecified atom stereocenters. The summed E-state index contributed by atoms with van der Waals surface area (Å²) in [6.45, 7) is 9.14. The van der Waals surface area contributed by atoms with Crippen LogP contribution in [0.15, 0.2) is 36.4 Å². The third-order valence-electron chi connectivity index (χ3n) is 5.24. The van der Waals surface area contributed by atoms with Crippen LogP contribution in [0.25, 0.3) is 10.9 Å². The predicted molar refractivity (Wildman–Crippen MR) is 116 cm³/mol. The van der Waals surface area contributed by atoms with Crippen LogP contribution in [-0.4, -0.2) is 24.5 Å². The van der Waals surface area contributed by atoms with E-state index in [4.69, 9.17) is 11.6 Å². The molecule has 3 rings (SSSR count). The van der Waals surface area contributed by atoms with E-state index < -0.39 is 0 Å². The lowest BCUT2D eigenvalue weighted by molar-refractivity contribution is -0.885. The fourth-order valence-corrected chi connectivity index (χ4v) is 3.69. The molecule has 2 aromatic carbocycles. The standard InChI is InChI=1S/C23H26ClN3O/c1-14-9-10-18-11-19(23(24)26-22(18)17(14)4)12-27(5)13-20(28)25-21-15(2)7-6-8-16(21)3/h6-11H,12-13H2,1-5H3,(H,25,28)/p+1. The normalized spacial score (nSPS) is 12.2. The third kappa shape index (κ3) is 4.34. The van der Waals surface area contributed by atoms with Crippen molar-refractivity contribution in [2.75, 3.05) is 18.9 Å². The summed E-state index contributed by atoms with van der Waals surface area (Å²) in [4.78, 5) is 18.2. The van der Waals surface area contributed by atoms with Crippen LogP contribution in [0.2, 0.25) is 5.15 Å². The second kappa shape index (κ2) is 8.29. The number of rotatable bonds is 5. The molecule has 0 radical (unpaired) electrons. The van der Waals surface area contributed by atoms with Crippen LogP contribution >= 0.6 is 11.6 Å². The number of quaternary nitrogens is 1. The maximum atomic E-state index is 12.5. The summed E-state index contributed by atoms with van der Waals surface area (Å²) in [5.74, 6) is -0.00811. The molecule has 1 atom stereocenters. The van der Waals surface area contributed by atoms with Gasteiger partial charge in [-0.25, -0.2) is 4.98 Å². The van der Waals surface area contributed by atoms with Gasteiger partial charge in [-0.15, -0.1) is 0 Å². The van der Waals surface area contributed by atoms with Crippen molar-refractivity contribution in [3.05, 3.63) is 69.4 Å². The topological polar surface area (TPSA) is 46.4 Å². The van der Waals surface area contributed by atoms with Crippen molar-refractivity contribution in [1.29, 1.82) is 0 Å². The van der Waals surface area contributed by atoms with Crippen molar-refractivity contribution in [2.45, 2.75) is 34.2 Å². The van der Waals surface area contributed by atoms with Crippen LogP contribution in [0.1, 0.15) is 27.8 Å². The van der Waals surface area contributed by atoms with E-state index in [1.807, 2.05) is 39.1 Å². The highest BCUT2D eigenvalue weighted by Crippen LogP contribution is 2.24. The molecular formula is C23H27ClN3O+. The van der Waals surface area contributed by atoms with Gasteiger partial charge in [-0.05, 0) is 56.0 Å². The number of nitrogens with zero attached hydrogens (tertiary/aromatic N) is 1. The minimum absolute atomic E-state index is 0.00811. The number of aromatic nitrogens is 1.